The largest absolute Gasteiger partial charge is 0.352 e. The van der Waals surface area contributed by atoms with Gasteiger partial charge in [-0.25, -0.2) is 8.42 Å². The van der Waals surface area contributed by atoms with E-state index in [-0.39, 0.29) is 18.5 Å². The Labute approximate surface area is 214 Å². The van der Waals surface area contributed by atoms with Gasteiger partial charge in [0.25, 0.3) is 0 Å². The summed E-state index contributed by atoms with van der Waals surface area (Å²) in [6.45, 7) is 5.09. The van der Waals surface area contributed by atoms with Gasteiger partial charge in [0, 0.05) is 21.2 Å². The number of hydrogen-bond donors (Lipinski definition) is 1. The molecule has 0 radical (unpaired) electrons. The molecule has 10 heteroatoms. The highest BCUT2D eigenvalue weighted by Crippen LogP contribution is 2.22. The lowest BCUT2D eigenvalue weighted by Gasteiger charge is -2.32. The Morgan fingerprint density at radius 2 is 1.70 bits per heavy atom. The number of carbonyl (C=O) groups is 2. The highest BCUT2D eigenvalue weighted by molar-refractivity contribution is 14.1. The van der Waals surface area contributed by atoms with E-state index in [1.54, 1.807) is 55.5 Å². The number of nitrogens with one attached hydrogen (secondary N) is 1. The first-order valence-electron chi connectivity index (χ1n) is 10.5. The fourth-order valence-corrected chi connectivity index (χ4v) is 4.48. The molecular formula is C23H29ClIN3O4S. The maximum atomic E-state index is 13.5. The molecule has 7 nitrogen and oxygen atoms in total. The number of amides is 2. The number of sulfonamides is 1. The number of halogens is 2. The molecule has 0 aliphatic carbocycles. The zero-order valence-electron chi connectivity index (χ0n) is 19.1. The molecular weight excluding hydrogens is 577 g/mol. The maximum Gasteiger partial charge on any atom is 0.244 e. The zero-order valence-corrected chi connectivity index (χ0v) is 22.8. The topological polar surface area (TPSA) is 86.8 Å². The minimum Gasteiger partial charge on any atom is -0.352 e. The lowest BCUT2D eigenvalue weighted by atomic mass is 10.1. The lowest BCUT2D eigenvalue weighted by molar-refractivity contribution is -0.139. The van der Waals surface area contributed by atoms with E-state index >= 15 is 0 Å². The molecule has 0 fully saturated rings. The molecule has 2 rings (SSSR count). The Hall–Kier alpha value is -1.85. The van der Waals surface area contributed by atoms with Crippen molar-refractivity contribution in [3.8, 4) is 0 Å². The van der Waals surface area contributed by atoms with Crippen molar-refractivity contribution in [2.45, 2.75) is 45.8 Å². The van der Waals surface area contributed by atoms with Gasteiger partial charge in [0.05, 0.1) is 11.9 Å². The van der Waals surface area contributed by atoms with Crippen molar-refractivity contribution < 1.29 is 18.0 Å². The third kappa shape index (κ3) is 7.86. The summed E-state index contributed by atoms with van der Waals surface area (Å²) in [5, 5.41) is 3.35. The van der Waals surface area contributed by atoms with E-state index in [1.165, 1.54) is 4.90 Å². The van der Waals surface area contributed by atoms with Gasteiger partial charge < -0.3 is 10.2 Å². The molecule has 180 valence electrons. The van der Waals surface area contributed by atoms with Crippen molar-refractivity contribution in [2.75, 3.05) is 17.1 Å². The third-order valence-electron chi connectivity index (χ3n) is 5.26. The third-order valence-corrected chi connectivity index (χ3v) is 7.49. The molecule has 0 aliphatic rings. The molecule has 2 aromatic rings. The first kappa shape index (κ1) is 27.4. The summed E-state index contributed by atoms with van der Waals surface area (Å²) in [7, 11) is -3.75. The van der Waals surface area contributed by atoms with Crippen LogP contribution in [0.5, 0.6) is 0 Å². The van der Waals surface area contributed by atoms with E-state index in [4.69, 9.17) is 11.6 Å². The average Bonchev–Trinajstić information content (AvgIpc) is 2.76. The predicted octanol–water partition coefficient (Wildman–Crippen LogP) is 4.04. The molecule has 0 spiro atoms. The average molecular weight is 606 g/mol. The second-order valence-corrected chi connectivity index (χ2v) is 11.4. The van der Waals surface area contributed by atoms with Gasteiger partial charge in [-0.2, -0.15) is 0 Å². The van der Waals surface area contributed by atoms with Gasteiger partial charge in [-0.05, 0) is 78.8 Å². The van der Waals surface area contributed by atoms with Crippen LogP contribution in [0.15, 0.2) is 48.5 Å². The van der Waals surface area contributed by atoms with Gasteiger partial charge in [0.15, 0.2) is 0 Å². The molecule has 0 saturated heterocycles. The number of carbonyl (C=O) groups excluding carboxylic acids is 2. The van der Waals surface area contributed by atoms with E-state index in [2.05, 4.69) is 27.9 Å². The minimum atomic E-state index is -3.75. The van der Waals surface area contributed by atoms with Gasteiger partial charge in [0.2, 0.25) is 21.8 Å². The van der Waals surface area contributed by atoms with E-state index in [1.807, 2.05) is 13.8 Å². The van der Waals surface area contributed by atoms with E-state index in [0.29, 0.717) is 16.3 Å². The summed E-state index contributed by atoms with van der Waals surface area (Å²) in [6.07, 6.45) is 1.79. The fourth-order valence-electron chi connectivity index (χ4n) is 3.08. The summed E-state index contributed by atoms with van der Waals surface area (Å²) < 4.78 is 27.0. The highest BCUT2D eigenvalue weighted by atomic mass is 127. The number of hydrogen-bond acceptors (Lipinski definition) is 4. The summed E-state index contributed by atoms with van der Waals surface area (Å²) in [5.41, 5.74) is 1.04. The molecule has 0 bridgehead atoms. The van der Waals surface area contributed by atoms with E-state index < -0.39 is 28.5 Å². The van der Waals surface area contributed by atoms with Crippen LogP contribution in [0.2, 0.25) is 5.02 Å². The van der Waals surface area contributed by atoms with E-state index in [0.717, 1.165) is 20.6 Å². The van der Waals surface area contributed by atoms with Gasteiger partial charge in [-0.15, -0.1) is 0 Å². The normalized spacial score (nSPS) is 13.2. The van der Waals surface area contributed by atoms with Gasteiger partial charge in [-0.1, -0.05) is 36.7 Å². The van der Waals surface area contributed by atoms with Crippen LogP contribution in [0.1, 0.15) is 32.8 Å². The molecule has 0 saturated carbocycles. The summed E-state index contributed by atoms with van der Waals surface area (Å²) in [4.78, 5) is 27.7. The smallest absolute Gasteiger partial charge is 0.244 e. The Bertz CT molecular complexity index is 1080. The first-order chi connectivity index (χ1) is 15.4. The Morgan fingerprint density at radius 1 is 1.09 bits per heavy atom. The van der Waals surface area contributed by atoms with Crippen LogP contribution in [0.25, 0.3) is 0 Å². The first-order valence-corrected chi connectivity index (χ1v) is 13.8. The molecule has 0 aliphatic heterocycles. The van der Waals surface area contributed by atoms with Gasteiger partial charge in [-0.3, -0.25) is 13.9 Å². The molecule has 0 aromatic heterocycles. The highest BCUT2D eigenvalue weighted by Gasteiger charge is 2.30. The number of nitrogens with zero attached hydrogens (tertiary/aromatic N) is 2. The molecule has 33 heavy (non-hydrogen) atoms. The minimum absolute atomic E-state index is 0.0588. The maximum absolute atomic E-state index is 13.5. The number of benzene rings is 2. The van der Waals surface area contributed by atoms with Crippen LogP contribution in [-0.4, -0.2) is 50.0 Å². The van der Waals surface area contributed by atoms with Crippen LogP contribution < -0.4 is 9.62 Å². The molecule has 2 aromatic carbocycles. The summed E-state index contributed by atoms with van der Waals surface area (Å²) in [5.74, 6) is -0.823. The van der Waals surface area contributed by atoms with Crippen LogP contribution in [0.3, 0.4) is 0 Å². The monoisotopic (exact) mass is 605 g/mol. The molecule has 0 unspecified atom stereocenters. The molecule has 2 atom stereocenters. The molecule has 0 heterocycles. The lowest BCUT2D eigenvalue weighted by Crippen LogP contribution is -2.52. The summed E-state index contributed by atoms with van der Waals surface area (Å²) in [6, 6.07) is 13.0. The van der Waals surface area contributed by atoms with Crippen LogP contribution in [0, 0.1) is 3.57 Å². The fraction of sp³-hybridized carbons (Fsp3) is 0.391. The predicted molar refractivity (Wildman–Crippen MR) is 141 cm³/mol. The number of rotatable bonds is 10. The van der Waals surface area contributed by atoms with Crippen molar-refractivity contribution in [3.63, 3.8) is 0 Å². The van der Waals surface area contributed by atoms with Crippen molar-refractivity contribution in [1.82, 2.24) is 10.2 Å². The Morgan fingerprint density at radius 3 is 2.24 bits per heavy atom. The van der Waals surface area contributed by atoms with E-state index in [9.17, 15) is 18.0 Å². The van der Waals surface area contributed by atoms with Crippen LogP contribution in [-0.2, 0) is 26.2 Å². The Balaban J connectivity index is 2.39. The SMILES string of the molecule is CC[C@@H](C)NC(=O)[C@@H](C)N(Cc1ccccc1Cl)C(=O)CN(c1ccc(I)cc1)S(C)(=O)=O. The summed E-state index contributed by atoms with van der Waals surface area (Å²) >= 11 is 8.43. The molecule has 2 amide bonds. The van der Waals surface area contributed by atoms with Crippen molar-refractivity contribution in [3.05, 3.63) is 62.7 Å². The van der Waals surface area contributed by atoms with Crippen LogP contribution in [0.4, 0.5) is 5.69 Å². The van der Waals surface area contributed by atoms with Crippen molar-refractivity contribution in [2.24, 2.45) is 0 Å². The zero-order chi connectivity index (χ0) is 24.8. The second kappa shape index (κ2) is 12.0. The second-order valence-electron chi connectivity index (χ2n) is 7.85. The molecule has 1 N–H and O–H groups in total. The van der Waals surface area contributed by atoms with Crippen molar-refractivity contribution in [1.29, 1.82) is 0 Å². The van der Waals surface area contributed by atoms with Gasteiger partial charge in [0.1, 0.15) is 12.6 Å². The van der Waals surface area contributed by atoms with Gasteiger partial charge >= 0.3 is 0 Å². The standard InChI is InChI=1S/C23H29ClIN3O4S/c1-5-16(2)26-23(30)17(3)27(14-18-8-6-7-9-21(18)24)22(29)15-28(33(4,31)32)20-12-10-19(25)11-13-20/h6-13,16-17H,5,14-15H2,1-4H3,(H,26,30)/t16-,17-/m1/s1. The quantitative estimate of drug-likeness (QED) is 0.414. The Kier molecular flexibility index (Phi) is 9.99. The number of anilines is 1. The van der Waals surface area contributed by atoms with Crippen molar-refractivity contribution >= 4 is 61.7 Å². The van der Waals surface area contributed by atoms with Crippen LogP contribution >= 0.6 is 34.2 Å².